The lowest BCUT2D eigenvalue weighted by molar-refractivity contribution is 0.0967. The van der Waals surface area contributed by atoms with Crippen molar-refractivity contribution >= 4 is 28.0 Å². The molecule has 1 aromatic carbocycles. The third-order valence-electron chi connectivity index (χ3n) is 4.04. The number of para-hydroxylation sites is 1. The van der Waals surface area contributed by atoms with Crippen LogP contribution < -0.4 is 5.56 Å². The fourth-order valence-electron chi connectivity index (χ4n) is 2.79. The van der Waals surface area contributed by atoms with Crippen molar-refractivity contribution in [2.45, 2.75) is 13.5 Å². The van der Waals surface area contributed by atoms with Gasteiger partial charge < -0.3 is 4.98 Å². The van der Waals surface area contributed by atoms with E-state index < -0.39 is 0 Å². The Morgan fingerprint density at radius 1 is 1.16 bits per heavy atom. The van der Waals surface area contributed by atoms with Crippen LogP contribution in [0.1, 0.15) is 15.2 Å². The zero-order valence-electron chi connectivity index (χ0n) is 13.5. The predicted molar refractivity (Wildman–Crippen MR) is 99.2 cm³/mol. The van der Waals surface area contributed by atoms with Crippen molar-refractivity contribution in [1.82, 2.24) is 14.8 Å². The summed E-state index contributed by atoms with van der Waals surface area (Å²) in [5.74, 6) is -0.147. The first kappa shape index (κ1) is 15.5. The second kappa shape index (κ2) is 6.14. The van der Waals surface area contributed by atoms with E-state index in [9.17, 15) is 9.59 Å². The van der Waals surface area contributed by atoms with E-state index in [0.29, 0.717) is 11.3 Å². The van der Waals surface area contributed by atoms with Crippen molar-refractivity contribution in [3.63, 3.8) is 0 Å². The summed E-state index contributed by atoms with van der Waals surface area (Å²) in [6.07, 6.45) is 1.69. The quantitative estimate of drug-likeness (QED) is 0.572. The molecule has 0 fully saturated rings. The lowest BCUT2D eigenvalue weighted by atomic mass is 10.1. The molecule has 0 radical (unpaired) electrons. The first-order chi connectivity index (χ1) is 12.1. The molecule has 0 aliphatic carbocycles. The topological polar surface area (TPSA) is 67.8 Å². The maximum atomic E-state index is 12.7. The molecule has 0 aliphatic heterocycles. The minimum atomic E-state index is -0.287. The number of Topliss-reactive ketones (excluding diaryl/α,β-unsaturated/α-hetero) is 1. The Balaban J connectivity index is 1.68. The molecule has 6 heteroatoms. The Bertz CT molecular complexity index is 1140. The highest BCUT2D eigenvalue weighted by molar-refractivity contribution is 7.15. The Morgan fingerprint density at radius 3 is 2.80 bits per heavy atom. The van der Waals surface area contributed by atoms with Crippen molar-refractivity contribution < 1.29 is 4.79 Å². The number of nitrogens with zero attached hydrogens (tertiary/aromatic N) is 2. The lowest BCUT2D eigenvalue weighted by Crippen LogP contribution is -2.26. The molecule has 0 unspecified atom stereocenters. The van der Waals surface area contributed by atoms with Crippen LogP contribution in [0.25, 0.3) is 21.5 Å². The van der Waals surface area contributed by atoms with Gasteiger partial charge >= 0.3 is 0 Å². The van der Waals surface area contributed by atoms with Crippen LogP contribution in [-0.2, 0) is 6.54 Å². The Morgan fingerprint density at radius 2 is 2.00 bits per heavy atom. The molecule has 124 valence electrons. The number of rotatable bonds is 4. The fraction of sp³-hybridized carbons (Fsp3) is 0.105. The molecular formula is C19H15N3O2S. The van der Waals surface area contributed by atoms with E-state index in [-0.39, 0.29) is 17.9 Å². The minimum absolute atomic E-state index is 0.0844. The number of fused-ring (bicyclic) bond motifs is 1. The molecule has 0 saturated carbocycles. The summed E-state index contributed by atoms with van der Waals surface area (Å²) in [6.45, 7) is 1.93. The number of benzene rings is 1. The number of aromatic nitrogens is 3. The van der Waals surface area contributed by atoms with Crippen LogP contribution in [0.3, 0.4) is 0 Å². The van der Waals surface area contributed by atoms with E-state index in [2.05, 4.69) is 10.1 Å². The van der Waals surface area contributed by atoms with Gasteiger partial charge in [0.15, 0.2) is 5.78 Å². The van der Waals surface area contributed by atoms with Crippen LogP contribution in [-0.4, -0.2) is 20.5 Å². The lowest BCUT2D eigenvalue weighted by Gasteiger charge is -2.05. The third kappa shape index (κ3) is 2.92. The van der Waals surface area contributed by atoms with Gasteiger partial charge in [-0.05, 0) is 31.2 Å². The van der Waals surface area contributed by atoms with Gasteiger partial charge in [0.05, 0.1) is 4.88 Å². The van der Waals surface area contributed by atoms with Crippen molar-refractivity contribution in [2.75, 3.05) is 0 Å². The first-order valence-corrected chi connectivity index (χ1v) is 8.68. The van der Waals surface area contributed by atoms with Gasteiger partial charge in [0.1, 0.15) is 12.2 Å². The van der Waals surface area contributed by atoms with Gasteiger partial charge in [0, 0.05) is 33.6 Å². The average Bonchev–Trinajstić information content (AvgIpc) is 3.23. The van der Waals surface area contributed by atoms with E-state index in [1.54, 1.807) is 23.6 Å². The van der Waals surface area contributed by atoms with Crippen LogP contribution in [0.4, 0.5) is 0 Å². The van der Waals surface area contributed by atoms with Gasteiger partial charge in [0.2, 0.25) is 0 Å². The molecule has 3 heterocycles. The number of carbonyl (C=O) groups is 1. The number of hydrogen-bond donors (Lipinski definition) is 1. The Hall–Kier alpha value is -2.99. The van der Waals surface area contributed by atoms with Crippen LogP contribution in [0, 0.1) is 6.92 Å². The summed E-state index contributed by atoms with van der Waals surface area (Å²) in [5.41, 5.74) is 1.88. The van der Waals surface area contributed by atoms with Gasteiger partial charge in [0.25, 0.3) is 5.56 Å². The van der Waals surface area contributed by atoms with Crippen molar-refractivity contribution in [1.29, 1.82) is 0 Å². The summed E-state index contributed by atoms with van der Waals surface area (Å²) in [4.78, 5) is 30.0. The summed E-state index contributed by atoms with van der Waals surface area (Å²) >= 11 is 1.61. The number of carbonyl (C=O) groups excluding carboxylic acids is 1. The highest BCUT2D eigenvalue weighted by Crippen LogP contribution is 2.25. The van der Waals surface area contributed by atoms with Gasteiger partial charge in [-0.3, -0.25) is 9.59 Å². The SMILES string of the molecule is Cc1ccc(-c2ccc(=O)n(CC(=O)c3c[nH]c4ccccc34)n2)s1. The first-order valence-electron chi connectivity index (χ1n) is 7.86. The molecule has 4 rings (SSSR count). The standard InChI is InChI=1S/C19H15N3O2S/c1-12-6-8-18(25-12)16-7-9-19(24)22(21-16)11-17(23)14-10-20-15-5-3-2-4-13(14)15/h2-10,20H,11H2,1H3. The monoisotopic (exact) mass is 349 g/mol. The predicted octanol–water partition coefficient (Wildman–Crippen LogP) is 3.64. The number of ketones is 1. The number of hydrogen-bond acceptors (Lipinski definition) is 4. The number of H-pyrrole nitrogens is 1. The zero-order valence-corrected chi connectivity index (χ0v) is 14.3. The summed E-state index contributed by atoms with van der Waals surface area (Å²) in [6, 6.07) is 14.7. The normalized spacial score (nSPS) is 11.1. The number of nitrogens with one attached hydrogen (secondary N) is 1. The molecule has 1 N–H and O–H groups in total. The molecule has 0 amide bonds. The van der Waals surface area contributed by atoms with Crippen molar-refractivity contribution in [2.24, 2.45) is 0 Å². The smallest absolute Gasteiger partial charge is 0.267 e. The summed E-state index contributed by atoms with van der Waals surface area (Å²) in [5, 5.41) is 5.22. The average molecular weight is 349 g/mol. The van der Waals surface area contributed by atoms with E-state index in [1.807, 2.05) is 43.3 Å². The summed E-state index contributed by atoms with van der Waals surface area (Å²) < 4.78 is 1.23. The second-order valence-electron chi connectivity index (χ2n) is 5.80. The molecule has 3 aromatic heterocycles. The second-order valence-corrected chi connectivity index (χ2v) is 7.08. The fourth-order valence-corrected chi connectivity index (χ4v) is 3.62. The molecule has 0 spiro atoms. The van der Waals surface area contributed by atoms with Gasteiger partial charge in [-0.2, -0.15) is 5.10 Å². The third-order valence-corrected chi connectivity index (χ3v) is 5.07. The van der Waals surface area contributed by atoms with E-state index in [1.165, 1.54) is 15.6 Å². The van der Waals surface area contributed by atoms with E-state index in [0.717, 1.165) is 15.8 Å². The Kier molecular flexibility index (Phi) is 3.82. The molecule has 25 heavy (non-hydrogen) atoms. The number of aryl methyl sites for hydroxylation is 1. The molecule has 4 aromatic rings. The number of thiophene rings is 1. The highest BCUT2D eigenvalue weighted by Gasteiger charge is 2.14. The van der Waals surface area contributed by atoms with Crippen LogP contribution in [0.2, 0.25) is 0 Å². The molecule has 0 bridgehead atoms. The minimum Gasteiger partial charge on any atom is -0.360 e. The van der Waals surface area contributed by atoms with Gasteiger partial charge in [-0.25, -0.2) is 4.68 Å². The largest absolute Gasteiger partial charge is 0.360 e. The molecule has 5 nitrogen and oxygen atoms in total. The van der Waals surface area contributed by atoms with E-state index >= 15 is 0 Å². The molecule has 0 aliphatic rings. The summed E-state index contributed by atoms with van der Waals surface area (Å²) in [7, 11) is 0. The van der Waals surface area contributed by atoms with Crippen LogP contribution in [0.15, 0.2) is 59.5 Å². The highest BCUT2D eigenvalue weighted by atomic mass is 32.1. The maximum absolute atomic E-state index is 12.7. The Labute approximate surface area is 147 Å². The molecular weight excluding hydrogens is 334 g/mol. The van der Waals surface area contributed by atoms with Crippen molar-refractivity contribution in [3.05, 3.63) is 75.5 Å². The molecule has 0 saturated heterocycles. The van der Waals surface area contributed by atoms with Gasteiger partial charge in [-0.1, -0.05) is 18.2 Å². The van der Waals surface area contributed by atoms with Gasteiger partial charge in [-0.15, -0.1) is 11.3 Å². The van der Waals surface area contributed by atoms with Crippen LogP contribution in [0.5, 0.6) is 0 Å². The maximum Gasteiger partial charge on any atom is 0.267 e. The van der Waals surface area contributed by atoms with E-state index in [4.69, 9.17) is 0 Å². The van der Waals surface area contributed by atoms with Crippen LogP contribution >= 0.6 is 11.3 Å². The molecule has 0 atom stereocenters. The zero-order chi connectivity index (χ0) is 17.4. The number of aromatic amines is 1. The van der Waals surface area contributed by atoms with Crippen molar-refractivity contribution in [3.8, 4) is 10.6 Å².